The van der Waals surface area contributed by atoms with E-state index >= 15 is 0 Å². The molecule has 0 unspecified atom stereocenters. The topological polar surface area (TPSA) is 37.8 Å². The molecule has 1 aromatic carbocycles. The number of nitrogens with zero attached hydrogens (tertiary/aromatic N) is 2. The summed E-state index contributed by atoms with van der Waals surface area (Å²) in [5.41, 5.74) is 0.778. The van der Waals surface area contributed by atoms with Crippen LogP contribution in [0.2, 0.25) is 0 Å². The maximum Gasteiger partial charge on any atom is 0.149 e. The van der Waals surface area contributed by atoms with Gasteiger partial charge in [-0.1, -0.05) is 6.92 Å². The van der Waals surface area contributed by atoms with Crippen molar-refractivity contribution in [2.24, 2.45) is 0 Å². The van der Waals surface area contributed by atoms with Crippen molar-refractivity contribution in [1.29, 1.82) is 0 Å². The van der Waals surface area contributed by atoms with Gasteiger partial charge in [0, 0.05) is 19.0 Å². The lowest BCUT2D eigenvalue weighted by atomic mass is 10.1. The van der Waals surface area contributed by atoms with Gasteiger partial charge in [-0.05, 0) is 41.4 Å². The van der Waals surface area contributed by atoms with Gasteiger partial charge in [-0.3, -0.25) is 0 Å². The Balaban J connectivity index is 2.74. The molecule has 0 saturated heterocycles. The number of benzene rings is 1. The number of rotatable bonds is 4. The van der Waals surface area contributed by atoms with Crippen molar-refractivity contribution in [1.82, 2.24) is 9.97 Å². The van der Waals surface area contributed by atoms with Gasteiger partial charge in [0.25, 0.3) is 0 Å². The molecule has 0 aliphatic heterocycles. The minimum absolute atomic E-state index is 0.127. The molecule has 2 rings (SSSR count). The van der Waals surface area contributed by atoms with Gasteiger partial charge < -0.3 is 5.32 Å². The number of hydrogen-bond acceptors (Lipinski definition) is 3. The number of halogens is 3. The fourth-order valence-electron chi connectivity index (χ4n) is 2.13. The highest BCUT2D eigenvalue weighted by Crippen LogP contribution is 2.33. The Hall–Kier alpha value is -1.56. The van der Waals surface area contributed by atoms with Crippen LogP contribution in [0.25, 0.3) is 11.3 Å². The number of hydrogen-bond donors (Lipinski definition) is 1. The third-order valence-corrected chi connectivity index (χ3v) is 3.80. The molecule has 0 atom stereocenters. The van der Waals surface area contributed by atoms with Crippen LogP contribution in [0, 0.1) is 18.6 Å². The molecule has 0 fully saturated rings. The highest BCUT2D eigenvalue weighted by atomic mass is 79.9. The van der Waals surface area contributed by atoms with Crippen LogP contribution in [-0.4, -0.2) is 17.0 Å². The summed E-state index contributed by atoms with van der Waals surface area (Å²) in [4.78, 5) is 8.72. The van der Waals surface area contributed by atoms with E-state index in [1.807, 2.05) is 6.92 Å². The van der Waals surface area contributed by atoms with Crippen molar-refractivity contribution >= 4 is 21.7 Å². The van der Waals surface area contributed by atoms with E-state index in [4.69, 9.17) is 0 Å². The second-order valence-electron chi connectivity index (χ2n) is 4.68. The molecular formula is C15H16BrF2N3. The van der Waals surface area contributed by atoms with Crippen LogP contribution in [-0.2, 0) is 6.42 Å². The van der Waals surface area contributed by atoms with Gasteiger partial charge >= 0.3 is 0 Å². The van der Waals surface area contributed by atoms with Gasteiger partial charge in [-0.2, -0.15) is 0 Å². The predicted molar refractivity (Wildman–Crippen MR) is 83.4 cm³/mol. The van der Waals surface area contributed by atoms with Gasteiger partial charge in [-0.15, -0.1) is 0 Å². The van der Waals surface area contributed by atoms with Gasteiger partial charge in [0.15, 0.2) is 0 Å². The molecule has 112 valence electrons. The number of anilines is 1. The molecule has 0 spiro atoms. The van der Waals surface area contributed by atoms with E-state index in [1.54, 1.807) is 14.0 Å². The second kappa shape index (κ2) is 6.47. The minimum atomic E-state index is -0.652. The van der Waals surface area contributed by atoms with E-state index in [-0.39, 0.29) is 15.7 Å². The minimum Gasteiger partial charge on any atom is -0.373 e. The van der Waals surface area contributed by atoms with Gasteiger partial charge in [0.2, 0.25) is 0 Å². The Labute approximate surface area is 131 Å². The SMILES string of the molecule is CCCc1nc(NC)c(C)c(-c2c(F)ccc(Br)c2F)n1. The molecule has 21 heavy (non-hydrogen) atoms. The number of aryl methyl sites for hydroxylation is 1. The first-order chi connectivity index (χ1) is 9.99. The monoisotopic (exact) mass is 355 g/mol. The number of aromatic nitrogens is 2. The Morgan fingerprint density at radius 1 is 1.24 bits per heavy atom. The lowest BCUT2D eigenvalue weighted by Gasteiger charge is -2.14. The third-order valence-electron chi connectivity index (χ3n) is 3.18. The van der Waals surface area contributed by atoms with Crippen molar-refractivity contribution in [3.05, 3.63) is 39.6 Å². The standard InChI is InChI=1S/C15H16BrF2N3/c1-4-5-11-20-14(8(2)15(19-3)21-11)12-10(17)7-6-9(16)13(12)18/h6-7H,4-5H2,1-3H3,(H,19,20,21). The molecule has 0 radical (unpaired) electrons. The number of nitrogens with one attached hydrogen (secondary N) is 1. The Morgan fingerprint density at radius 2 is 1.95 bits per heavy atom. The smallest absolute Gasteiger partial charge is 0.149 e. The molecule has 0 aliphatic carbocycles. The maximum atomic E-state index is 14.3. The van der Waals surface area contributed by atoms with E-state index in [9.17, 15) is 8.78 Å². The summed E-state index contributed by atoms with van der Waals surface area (Å²) < 4.78 is 28.6. The van der Waals surface area contributed by atoms with Crippen LogP contribution >= 0.6 is 15.9 Å². The van der Waals surface area contributed by atoms with Gasteiger partial charge in [0.1, 0.15) is 23.3 Å². The molecule has 3 nitrogen and oxygen atoms in total. The Kier molecular flexibility index (Phi) is 4.88. The Bertz CT molecular complexity index is 674. The fourth-order valence-corrected chi connectivity index (χ4v) is 2.46. The van der Waals surface area contributed by atoms with Crippen LogP contribution < -0.4 is 5.32 Å². The summed E-state index contributed by atoms with van der Waals surface area (Å²) in [6.07, 6.45) is 1.51. The quantitative estimate of drug-likeness (QED) is 0.821. The molecule has 1 aromatic heterocycles. The van der Waals surface area contributed by atoms with Crippen LogP contribution in [0.15, 0.2) is 16.6 Å². The average Bonchev–Trinajstić information content (AvgIpc) is 2.46. The van der Waals surface area contributed by atoms with E-state index in [0.717, 1.165) is 6.42 Å². The average molecular weight is 356 g/mol. The highest BCUT2D eigenvalue weighted by Gasteiger charge is 2.20. The zero-order chi connectivity index (χ0) is 15.6. The lowest BCUT2D eigenvalue weighted by Crippen LogP contribution is -2.07. The summed E-state index contributed by atoms with van der Waals surface area (Å²) in [5.74, 6) is -0.133. The third kappa shape index (κ3) is 3.05. The molecule has 6 heteroatoms. The molecule has 0 aliphatic rings. The Morgan fingerprint density at radius 3 is 2.57 bits per heavy atom. The normalized spacial score (nSPS) is 10.8. The maximum absolute atomic E-state index is 14.3. The molecule has 1 heterocycles. The van der Waals surface area contributed by atoms with Crippen LogP contribution in [0.1, 0.15) is 24.7 Å². The van der Waals surface area contributed by atoms with Crippen LogP contribution in [0.4, 0.5) is 14.6 Å². The molecule has 0 saturated carbocycles. The summed E-state index contributed by atoms with van der Waals surface area (Å²) in [6.45, 7) is 3.75. The van der Waals surface area contributed by atoms with E-state index in [1.165, 1.54) is 12.1 Å². The first-order valence-electron chi connectivity index (χ1n) is 6.68. The van der Waals surface area contributed by atoms with Gasteiger partial charge in [0.05, 0.1) is 15.7 Å². The van der Waals surface area contributed by atoms with E-state index in [2.05, 4.69) is 31.2 Å². The zero-order valence-corrected chi connectivity index (χ0v) is 13.7. The van der Waals surface area contributed by atoms with E-state index in [0.29, 0.717) is 23.6 Å². The first kappa shape index (κ1) is 15.8. The first-order valence-corrected chi connectivity index (χ1v) is 7.48. The van der Waals surface area contributed by atoms with Crippen molar-refractivity contribution in [2.45, 2.75) is 26.7 Å². The van der Waals surface area contributed by atoms with Crippen LogP contribution in [0.5, 0.6) is 0 Å². The van der Waals surface area contributed by atoms with Crippen molar-refractivity contribution in [3.8, 4) is 11.3 Å². The molecule has 1 N–H and O–H groups in total. The zero-order valence-electron chi connectivity index (χ0n) is 12.1. The van der Waals surface area contributed by atoms with Crippen molar-refractivity contribution in [3.63, 3.8) is 0 Å². The molecular weight excluding hydrogens is 340 g/mol. The summed E-state index contributed by atoms with van der Waals surface area (Å²) >= 11 is 3.09. The molecule has 0 bridgehead atoms. The van der Waals surface area contributed by atoms with Gasteiger partial charge in [-0.25, -0.2) is 18.7 Å². The largest absolute Gasteiger partial charge is 0.373 e. The summed E-state index contributed by atoms with van der Waals surface area (Å²) in [5, 5.41) is 2.95. The summed E-state index contributed by atoms with van der Waals surface area (Å²) in [6, 6.07) is 2.57. The van der Waals surface area contributed by atoms with Crippen LogP contribution in [0.3, 0.4) is 0 Å². The molecule has 0 amide bonds. The predicted octanol–water partition coefficient (Wildman–Crippen LogP) is 4.49. The fraction of sp³-hybridized carbons (Fsp3) is 0.333. The van der Waals surface area contributed by atoms with Crippen molar-refractivity contribution < 1.29 is 8.78 Å². The van der Waals surface area contributed by atoms with E-state index < -0.39 is 11.6 Å². The second-order valence-corrected chi connectivity index (χ2v) is 5.53. The van der Waals surface area contributed by atoms with Crippen molar-refractivity contribution in [2.75, 3.05) is 12.4 Å². The highest BCUT2D eigenvalue weighted by molar-refractivity contribution is 9.10. The lowest BCUT2D eigenvalue weighted by molar-refractivity contribution is 0.583. The molecule has 2 aromatic rings. The summed E-state index contributed by atoms with van der Waals surface area (Å²) in [7, 11) is 1.72.